The number of hydrogen-bond donors (Lipinski definition) is 1. The minimum atomic E-state index is -0.00549. The topological polar surface area (TPSA) is 74.8 Å². The molecular formula is C14H17N5O. The molecule has 0 unspecified atom stereocenters. The highest BCUT2D eigenvalue weighted by Gasteiger charge is 2.30. The second kappa shape index (κ2) is 5.03. The summed E-state index contributed by atoms with van der Waals surface area (Å²) in [6.45, 7) is 4.33. The summed E-state index contributed by atoms with van der Waals surface area (Å²) < 4.78 is 0. The number of nitrogens with one attached hydrogen (secondary N) is 1. The van der Waals surface area contributed by atoms with Gasteiger partial charge in [0.2, 0.25) is 5.91 Å². The summed E-state index contributed by atoms with van der Waals surface area (Å²) >= 11 is 0. The molecule has 0 bridgehead atoms. The molecule has 104 valence electrons. The Labute approximate surface area is 117 Å². The Morgan fingerprint density at radius 3 is 3.00 bits per heavy atom. The highest BCUT2D eigenvalue weighted by atomic mass is 16.2. The number of aromatic amines is 1. The quantitative estimate of drug-likeness (QED) is 0.904. The first-order valence-electron chi connectivity index (χ1n) is 6.77. The summed E-state index contributed by atoms with van der Waals surface area (Å²) in [6, 6.07) is 3.79. The van der Waals surface area contributed by atoms with Crippen molar-refractivity contribution in [2.75, 3.05) is 6.54 Å². The van der Waals surface area contributed by atoms with Crippen LogP contribution in [-0.4, -0.2) is 37.5 Å². The van der Waals surface area contributed by atoms with E-state index in [0.29, 0.717) is 0 Å². The van der Waals surface area contributed by atoms with Crippen LogP contribution >= 0.6 is 0 Å². The van der Waals surface area contributed by atoms with Crippen molar-refractivity contribution < 1.29 is 4.79 Å². The van der Waals surface area contributed by atoms with E-state index in [0.717, 1.165) is 42.3 Å². The number of hydrogen-bond acceptors (Lipinski definition) is 4. The van der Waals surface area contributed by atoms with Gasteiger partial charge in [-0.1, -0.05) is 0 Å². The standard InChI is InChI=1S/C14H17N5O/c1-9-8-12(11-5-6-15-18-11)17-14(16-9)13-4-3-7-19(13)10(2)20/h5-6,8,13H,3-4,7H2,1-2H3,(H,15,18)/t13-/m0/s1. The molecule has 1 amide bonds. The fraction of sp³-hybridized carbons (Fsp3) is 0.429. The van der Waals surface area contributed by atoms with Gasteiger partial charge in [-0.15, -0.1) is 0 Å². The van der Waals surface area contributed by atoms with Crippen molar-refractivity contribution in [3.05, 3.63) is 29.8 Å². The van der Waals surface area contributed by atoms with E-state index in [2.05, 4.69) is 20.2 Å². The van der Waals surface area contributed by atoms with E-state index in [9.17, 15) is 4.79 Å². The maximum atomic E-state index is 11.7. The second-order valence-electron chi connectivity index (χ2n) is 5.09. The lowest BCUT2D eigenvalue weighted by Crippen LogP contribution is -2.29. The zero-order chi connectivity index (χ0) is 14.1. The van der Waals surface area contributed by atoms with Crippen molar-refractivity contribution in [2.24, 2.45) is 0 Å². The first-order valence-corrected chi connectivity index (χ1v) is 6.77. The number of nitrogens with zero attached hydrogens (tertiary/aromatic N) is 4. The Hall–Kier alpha value is -2.24. The normalized spacial score (nSPS) is 18.5. The fourth-order valence-electron chi connectivity index (χ4n) is 2.69. The van der Waals surface area contributed by atoms with E-state index in [4.69, 9.17) is 0 Å². The molecule has 1 saturated heterocycles. The van der Waals surface area contributed by atoms with Gasteiger partial charge in [0.05, 0.1) is 17.4 Å². The minimum Gasteiger partial charge on any atom is -0.333 e. The third-order valence-corrected chi connectivity index (χ3v) is 3.60. The lowest BCUT2D eigenvalue weighted by molar-refractivity contribution is -0.129. The van der Waals surface area contributed by atoms with E-state index >= 15 is 0 Å². The zero-order valence-corrected chi connectivity index (χ0v) is 11.6. The summed E-state index contributed by atoms with van der Waals surface area (Å²) in [4.78, 5) is 22.7. The molecule has 1 aliphatic rings. The Bertz CT molecular complexity index is 622. The molecule has 1 atom stereocenters. The molecule has 3 rings (SSSR count). The molecular weight excluding hydrogens is 254 g/mol. The Balaban J connectivity index is 2.00. The molecule has 1 aliphatic heterocycles. The number of rotatable bonds is 2. The van der Waals surface area contributed by atoms with Crippen molar-refractivity contribution in [2.45, 2.75) is 32.7 Å². The molecule has 20 heavy (non-hydrogen) atoms. The number of carbonyl (C=O) groups excluding carboxylic acids is 1. The van der Waals surface area contributed by atoms with Gasteiger partial charge >= 0.3 is 0 Å². The first-order chi connectivity index (χ1) is 9.65. The number of likely N-dealkylation sites (tertiary alicyclic amines) is 1. The molecule has 0 aromatic carbocycles. The maximum absolute atomic E-state index is 11.7. The summed E-state index contributed by atoms with van der Waals surface area (Å²) in [5.41, 5.74) is 2.58. The Kier molecular flexibility index (Phi) is 3.22. The molecule has 2 aromatic rings. The maximum Gasteiger partial charge on any atom is 0.220 e. The third kappa shape index (κ3) is 2.29. The number of aromatic nitrogens is 4. The van der Waals surface area contributed by atoms with Crippen molar-refractivity contribution in [3.8, 4) is 11.4 Å². The van der Waals surface area contributed by atoms with E-state index < -0.39 is 0 Å². The largest absolute Gasteiger partial charge is 0.333 e. The van der Waals surface area contributed by atoms with Crippen molar-refractivity contribution in [3.63, 3.8) is 0 Å². The molecule has 0 spiro atoms. The smallest absolute Gasteiger partial charge is 0.220 e. The van der Waals surface area contributed by atoms with Crippen LogP contribution in [0.3, 0.4) is 0 Å². The van der Waals surface area contributed by atoms with Gasteiger partial charge in [0, 0.05) is 25.4 Å². The number of carbonyl (C=O) groups is 1. The van der Waals surface area contributed by atoms with Gasteiger partial charge in [-0.25, -0.2) is 9.97 Å². The van der Waals surface area contributed by atoms with Gasteiger partial charge in [0.1, 0.15) is 0 Å². The molecule has 6 nitrogen and oxygen atoms in total. The van der Waals surface area contributed by atoms with Gasteiger partial charge in [0.25, 0.3) is 0 Å². The highest BCUT2D eigenvalue weighted by Crippen LogP contribution is 2.30. The van der Waals surface area contributed by atoms with Crippen LogP contribution in [0.1, 0.15) is 37.3 Å². The number of aryl methyl sites for hydroxylation is 1. The average Bonchev–Trinajstić information content (AvgIpc) is 3.09. The van der Waals surface area contributed by atoms with Crippen LogP contribution in [0.25, 0.3) is 11.4 Å². The lowest BCUT2D eigenvalue weighted by Gasteiger charge is -2.22. The van der Waals surface area contributed by atoms with E-state index in [1.807, 2.05) is 24.0 Å². The summed E-state index contributed by atoms with van der Waals surface area (Å²) in [7, 11) is 0. The van der Waals surface area contributed by atoms with E-state index in [1.54, 1.807) is 13.1 Å². The van der Waals surface area contributed by atoms with Crippen LogP contribution in [0, 0.1) is 6.92 Å². The summed E-state index contributed by atoms with van der Waals surface area (Å²) in [6.07, 6.45) is 3.62. The molecule has 6 heteroatoms. The van der Waals surface area contributed by atoms with Crippen LogP contribution in [0.4, 0.5) is 0 Å². The van der Waals surface area contributed by atoms with Crippen LogP contribution in [0.15, 0.2) is 18.3 Å². The van der Waals surface area contributed by atoms with E-state index in [1.165, 1.54) is 0 Å². The second-order valence-corrected chi connectivity index (χ2v) is 5.09. The zero-order valence-electron chi connectivity index (χ0n) is 11.6. The van der Waals surface area contributed by atoms with Crippen molar-refractivity contribution in [1.82, 2.24) is 25.1 Å². The number of amides is 1. The SMILES string of the molecule is CC(=O)N1CCC[C@H]1c1nc(C)cc(-c2ccn[nH]2)n1. The average molecular weight is 271 g/mol. The van der Waals surface area contributed by atoms with Gasteiger partial charge in [-0.05, 0) is 31.9 Å². The van der Waals surface area contributed by atoms with Crippen LogP contribution in [0.5, 0.6) is 0 Å². The Morgan fingerprint density at radius 1 is 1.45 bits per heavy atom. The van der Waals surface area contributed by atoms with Crippen LogP contribution < -0.4 is 0 Å². The van der Waals surface area contributed by atoms with Gasteiger partial charge in [-0.3, -0.25) is 9.89 Å². The predicted octanol–water partition coefficient (Wildman–Crippen LogP) is 1.86. The molecule has 2 aromatic heterocycles. The van der Waals surface area contributed by atoms with Crippen molar-refractivity contribution in [1.29, 1.82) is 0 Å². The first kappa shape index (κ1) is 12.8. The molecule has 3 heterocycles. The third-order valence-electron chi connectivity index (χ3n) is 3.60. The van der Waals surface area contributed by atoms with Gasteiger partial charge in [-0.2, -0.15) is 5.10 Å². The number of H-pyrrole nitrogens is 1. The molecule has 1 fully saturated rings. The van der Waals surface area contributed by atoms with Crippen LogP contribution in [-0.2, 0) is 4.79 Å². The molecule has 0 aliphatic carbocycles. The lowest BCUT2D eigenvalue weighted by atomic mass is 10.2. The molecule has 0 radical (unpaired) electrons. The molecule has 0 saturated carbocycles. The monoisotopic (exact) mass is 271 g/mol. The molecule has 1 N–H and O–H groups in total. The fourth-order valence-corrected chi connectivity index (χ4v) is 2.69. The summed E-state index contributed by atoms with van der Waals surface area (Å²) in [5, 5.41) is 6.86. The Morgan fingerprint density at radius 2 is 2.30 bits per heavy atom. The van der Waals surface area contributed by atoms with Gasteiger partial charge in [0.15, 0.2) is 5.82 Å². The van der Waals surface area contributed by atoms with Crippen LogP contribution in [0.2, 0.25) is 0 Å². The minimum absolute atomic E-state index is 0.00549. The van der Waals surface area contributed by atoms with Crippen molar-refractivity contribution >= 4 is 5.91 Å². The predicted molar refractivity (Wildman–Crippen MR) is 73.7 cm³/mol. The highest BCUT2D eigenvalue weighted by molar-refractivity contribution is 5.74. The van der Waals surface area contributed by atoms with E-state index in [-0.39, 0.29) is 11.9 Å². The van der Waals surface area contributed by atoms with Gasteiger partial charge < -0.3 is 4.90 Å². The summed E-state index contributed by atoms with van der Waals surface area (Å²) in [5.74, 6) is 0.808.